The first-order valence-electron chi connectivity index (χ1n) is 11.7. The van der Waals surface area contributed by atoms with Gasteiger partial charge in [0.2, 0.25) is 10.1 Å². The van der Waals surface area contributed by atoms with E-state index >= 15 is 0 Å². The van der Waals surface area contributed by atoms with E-state index in [4.69, 9.17) is 15.3 Å². The van der Waals surface area contributed by atoms with Gasteiger partial charge in [-0.25, -0.2) is 9.37 Å². The van der Waals surface area contributed by atoms with Gasteiger partial charge in [0.15, 0.2) is 5.82 Å². The topological polar surface area (TPSA) is 72.5 Å². The summed E-state index contributed by atoms with van der Waals surface area (Å²) in [6, 6.07) is 16.5. The molecule has 9 heteroatoms. The molecule has 0 radical (unpaired) electrons. The van der Waals surface area contributed by atoms with Gasteiger partial charge in [-0.2, -0.15) is 9.78 Å². The molecule has 2 aromatic heterocycles. The second-order valence-electron chi connectivity index (χ2n) is 9.85. The largest absolute Gasteiger partial charge is 0.364 e. The maximum absolute atomic E-state index is 13.5. The average Bonchev–Trinajstić information content (AvgIpc) is 3.39. The Hall–Kier alpha value is -3.48. The number of nitrogens with one attached hydrogen (secondary N) is 1. The summed E-state index contributed by atoms with van der Waals surface area (Å²) < 4.78 is 15.4. The van der Waals surface area contributed by atoms with Crippen molar-refractivity contribution < 1.29 is 4.39 Å². The third-order valence-corrected chi connectivity index (χ3v) is 6.88. The molecule has 0 saturated carbocycles. The maximum Gasteiger partial charge on any atom is 0.216 e. The first kappa shape index (κ1) is 23.3. The third kappa shape index (κ3) is 5.14. The quantitative estimate of drug-likeness (QED) is 0.425. The fourth-order valence-corrected chi connectivity index (χ4v) is 5.19. The fourth-order valence-electron chi connectivity index (χ4n) is 4.24. The smallest absolute Gasteiger partial charge is 0.216 e. The fraction of sp³-hybridized carbons (Fsp3) is 0.346. The van der Waals surface area contributed by atoms with Crippen LogP contribution in [0.1, 0.15) is 31.9 Å². The molecule has 2 aromatic carbocycles. The van der Waals surface area contributed by atoms with Crippen LogP contribution in [0.5, 0.6) is 0 Å². The number of piperazine rings is 1. The highest BCUT2D eigenvalue weighted by Crippen LogP contribution is 2.35. The van der Waals surface area contributed by atoms with E-state index in [0.29, 0.717) is 5.56 Å². The van der Waals surface area contributed by atoms with Gasteiger partial charge < -0.3 is 10.2 Å². The van der Waals surface area contributed by atoms with Gasteiger partial charge in [-0.05, 0) is 62.7 Å². The van der Waals surface area contributed by atoms with Crippen molar-refractivity contribution in [3.05, 3.63) is 65.5 Å². The number of aromatic nitrogens is 3. The number of halogens is 1. The lowest BCUT2D eigenvalue weighted by Crippen LogP contribution is -2.46. The molecule has 3 heterocycles. The molecule has 1 fully saturated rings. The molecule has 4 aromatic rings. The Labute approximate surface area is 208 Å². The number of rotatable bonds is 5. The summed E-state index contributed by atoms with van der Waals surface area (Å²) >= 11 is 1.57. The molecule has 35 heavy (non-hydrogen) atoms. The van der Waals surface area contributed by atoms with E-state index in [9.17, 15) is 4.39 Å². The lowest BCUT2D eigenvalue weighted by atomic mass is 10.1. The molecule has 5 rings (SSSR count). The Morgan fingerprint density at radius 1 is 1.09 bits per heavy atom. The standard InChI is InChI=1S/C26H28FN7S/c1-26(2,3)30-23-22(20-7-9-21(27)10-8-20)29-24-34(23)31-25(35-24)33-13-11-32(12-14-33)17-19-6-4-5-18(15-19)16-28/h4-10,15,30H,11-14,17H2,1-3H3. The van der Waals surface area contributed by atoms with Gasteiger partial charge in [0.1, 0.15) is 11.5 Å². The number of benzene rings is 2. The number of nitriles is 1. The minimum absolute atomic E-state index is 0.191. The normalized spacial score (nSPS) is 14.9. The van der Waals surface area contributed by atoms with Crippen LogP contribution in [0.15, 0.2) is 48.5 Å². The predicted octanol–water partition coefficient (Wildman–Crippen LogP) is 5.00. The molecule has 1 aliphatic heterocycles. The lowest BCUT2D eigenvalue weighted by Gasteiger charge is -2.34. The van der Waals surface area contributed by atoms with Crippen LogP contribution in [-0.2, 0) is 6.54 Å². The minimum Gasteiger partial charge on any atom is -0.364 e. The van der Waals surface area contributed by atoms with E-state index in [1.807, 2.05) is 22.7 Å². The summed E-state index contributed by atoms with van der Waals surface area (Å²) in [5.74, 6) is 0.551. The molecule has 0 spiro atoms. The number of imidazole rings is 1. The zero-order valence-corrected chi connectivity index (χ0v) is 20.9. The van der Waals surface area contributed by atoms with E-state index in [-0.39, 0.29) is 11.4 Å². The van der Waals surface area contributed by atoms with Gasteiger partial charge in [-0.1, -0.05) is 23.5 Å². The average molecular weight is 490 g/mol. The van der Waals surface area contributed by atoms with Crippen LogP contribution in [-0.4, -0.2) is 51.2 Å². The highest BCUT2D eigenvalue weighted by atomic mass is 32.1. The summed E-state index contributed by atoms with van der Waals surface area (Å²) in [6.45, 7) is 10.7. The molecule has 0 unspecified atom stereocenters. The highest BCUT2D eigenvalue weighted by molar-refractivity contribution is 7.20. The molecule has 0 amide bonds. The predicted molar refractivity (Wildman–Crippen MR) is 138 cm³/mol. The zero-order valence-electron chi connectivity index (χ0n) is 20.1. The molecular weight excluding hydrogens is 461 g/mol. The second-order valence-corrected chi connectivity index (χ2v) is 10.8. The van der Waals surface area contributed by atoms with Crippen molar-refractivity contribution in [2.45, 2.75) is 32.9 Å². The van der Waals surface area contributed by atoms with Crippen molar-refractivity contribution in [1.82, 2.24) is 19.5 Å². The van der Waals surface area contributed by atoms with Gasteiger partial charge in [0.25, 0.3) is 0 Å². The molecule has 1 N–H and O–H groups in total. The van der Waals surface area contributed by atoms with Crippen LogP contribution in [0, 0.1) is 17.1 Å². The van der Waals surface area contributed by atoms with E-state index in [2.05, 4.69) is 48.0 Å². The Kier molecular flexibility index (Phi) is 6.17. The summed E-state index contributed by atoms with van der Waals surface area (Å²) in [6.07, 6.45) is 0. The summed E-state index contributed by atoms with van der Waals surface area (Å²) in [5.41, 5.74) is 3.30. The van der Waals surface area contributed by atoms with Crippen LogP contribution < -0.4 is 10.2 Å². The maximum atomic E-state index is 13.5. The van der Waals surface area contributed by atoms with Crippen molar-refractivity contribution in [3.8, 4) is 17.3 Å². The zero-order chi connectivity index (χ0) is 24.6. The van der Waals surface area contributed by atoms with Crippen molar-refractivity contribution in [1.29, 1.82) is 5.26 Å². The SMILES string of the molecule is CC(C)(C)Nc1c(-c2ccc(F)cc2)nc2sc(N3CCN(Cc4cccc(C#N)c4)CC3)nn12. The summed E-state index contributed by atoms with van der Waals surface area (Å²) in [7, 11) is 0. The Balaban J connectivity index is 1.35. The number of nitrogens with zero attached hydrogens (tertiary/aromatic N) is 6. The first-order valence-corrected chi connectivity index (χ1v) is 12.5. The van der Waals surface area contributed by atoms with Crippen molar-refractivity contribution >= 4 is 27.2 Å². The van der Waals surface area contributed by atoms with Crippen LogP contribution in [0.3, 0.4) is 0 Å². The highest BCUT2D eigenvalue weighted by Gasteiger charge is 2.25. The molecule has 0 atom stereocenters. The summed E-state index contributed by atoms with van der Waals surface area (Å²) in [4.78, 5) is 10.4. The lowest BCUT2D eigenvalue weighted by molar-refractivity contribution is 0.249. The van der Waals surface area contributed by atoms with E-state index in [0.717, 1.165) is 65.5 Å². The molecule has 1 aliphatic rings. The van der Waals surface area contributed by atoms with E-state index < -0.39 is 0 Å². The van der Waals surface area contributed by atoms with Gasteiger partial charge in [0, 0.05) is 43.8 Å². The number of fused-ring (bicyclic) bond motifs is 1. The van der Waals surface area contributed by atoms with Crippen LogP contribution in [0.25, 0.3) is 16.2 Å². The van der Waals surface area contributed by atoms with Gasteiger partial charge in [0.05, 0.1) is 11.6 Å². The first-order chi connectivity index (χ1) is 16.8. The van der Waals surface area contributed by atoms with Crippen molar-refractivity contribution in [2.24, 2.45) is 0 Å². The minimum atomic E-state index is -0.266. The summed E-state index contributed by atoms with van der Waals surface area (Å²) in [5, 5.41) is 18.6. The Morgan fingerprint density at radius 2 is 1.83 bits per heavy atom. The molecule has 180 valence electrons. The van der Waals surface area contributed by atoms with Gasteiger partial charge in [-0.3, -0.25) is 4.90 Å². The van der Waals surface area contributed by atoms with Crippen molar-refractivity contribution in [2.75, 3.05) is 36.4 Å². The molecular formula is C26H28FN7S. The second kappa shape index (κ2) is 9.29. The molecule has 1 saturated heterocycles. The van der Waals surface area contributed by atoms with Crippen LogP contribution >= 0.6 is 11.3 Å². The molecule has 0 aliphatic carbocycles. The third-order valence-electron chi connectivity index (χ3n) is 5.91. The van der Waals surface area contributed by atoms with Crippen LogP contribution in [0.4, 0.5) is 15.3 Å². The Morgan fingerprint density at radius 3 is 2.51 bits per heavy atom. The van der Waals surface area contributed by atoms with E-state index in [1.165, 1.54) is 12.1 Å². The van der Waals surface area contributed by atoms with E-state index in [1.54, 1.807) is 23.5 Å². The molecule has 0 bridgehead atoms. The number of hydrogen-bond acceptors (Lipinski definition) is 7. The monoisotopic (exact) mass is 489 g/mol. The van der Waals surface area contributed by atoms with Gasteiger partial charge >= 0.3 is 0 Å². The number of hydrogen-bond donors (Lipinski definition) is 1. The van der Waals surface area contributed by atoms with Crippen molar-refractivity contribution in [3.63, 3.8) is 0 Å². The Bertz CT molecular complexity index is 1370. The molecule has 7 nitrogen and oxygen atoms in total. The van der Waals surface area contributed by atoms with Crippen LogP contribution in [0.2, 0.25) is 0 Å². The van der Waals surface area contributed by atoms with Gasteiger partial charge in [-0.15, -0.1) is 5.10 Å². The number of anilines is 2.